The van der Waals surface area contributed by atoms with Gasteiger partial charge in [0.15, 0.2) is 0 Å². The zero-order valence-electron chi connectivity index (χ0n) is 4.57. The minimum absolute atomic E-state index is 0.105. The zero-order chi connectivity index (χ0) is 6.69. The van der Waals surface area contributed by atoms with E-state index < -0.39 is 4.92 Å². The third-order valence-corrected chi connectivity index (χ3v) is 0.911. The summed E-state index contributed by atoms with van der Waals surface area (Å²) >= 11 is 0. The smallest absolute Gasteiger partial charge is 0.258 e. The van der Waals surface area contributed by atoms with Gasteiger partial charge in [-0.05, 0) is 18.2 Å². The maximum atomic E-state index is 9.99. The van der Waals surface area contributed by atoms with Gasteiger partial charge in [-0.25, -0.2) is 0 Å². The Kier molecular flexibility index (Phi) is 1.44. The van der Waals surface area contributed by atoms with Crippen molar-refractivity contribution in [2.45, 2.75) is 0 Å². The van der Waals surface area contributed by atoms with Crippen LogP contribution >= 0.6 is 0 Å². The highest BCUT2D eigenvalue weighted by atomic mass is 16.6. The molecule has 0 saturated heterocycles. The normalized spacial score (nSPS) is 8.89. The van der Waals surface area contributed by atoms with Gasteiger partial charge in [-0.1, -0.05) is 0 Å². The summed E-state index contributed by atoms with van der Waals surface area (Å²) in [5, 5.41) is 9.99. The molecule has 0 aliphatic heterocycles. The van der Waals surface area contributed by atoms with Crippen LogP contribution in [0.1, 0.15) is 0 Å². The van der Waals surface area contributed by atoms with E-state index in [4.69, 9.17) is 0 Å². The fourth-order valence-electron chi connectivity index (χ4n) is 0.500. The molecule has 0 aromatic heterocycles. The molecular formula is C6H4NO2. The second-order valence-electron chi connectivity index (χ2n) is 1.52. The molecule has 0 unspecified atom stereocenters. The third kappa shape index (κ3) is 1.25. The summed E-state index contributed by atoms with van der Waals surface area (Å²) in [6.07, 6.45) is 0. The molecule has 0 aliphatic rings. The van der Waals surface area contributed by atoms with Crippen molar-refractivity contribution in [1.82, 2.24) is 0 Å². The van der Waals surface area contributed by atoms with Gasteiger partial charge in [0, 0.05) is 12.1 Å². The number of nitrogens with zero attached hydrogens (tertiary/aromatic N) is 1. The molecule has 0 N–H and O–H groups in total. The molecule has 1 rings (SSSR count). The lowest BCUT2D eigenvalue weighted by Gasteiger charge is -1.84. The summed E-state index contributed by atoms with van der Waals surface area (Å²) < 4.78 is 0. The lowest BCUT2D eigenvalue weighted by molar-refractivity contribution is -0.384. The number of hydrogen-bond donors (Lipinski definition) is 0. The van der Waals surface area contributed by atoms with Gasteiger partial charge in [-0.15, -0.1) is 0 Å². The Bertz CT molecular complexity index is 208. The highest BCUT2D eigenvalue weighted by molar-refractivity contribution is 5.27. The molecule has 0 spiro atoms. The van der Waals surface area contributed by atoms with Crippen molar-refractivity contribution in [3.63, 3.8) is 0 Å². The Morgan fingerprint density at radius 1 is 1.44 bits per heavy atom. The fourth-order valence-corrected chi connectivity index (χ4v) is 0.500. The Morgan fingerprint density at radius 3 is 2.33 bits per heavy atom. The molecular weight excluding hydrogens is 118 g/mol. The second-order valence-corrected chi connectivity index (χ2v) is 1.52. The van der Waals surface area contributed by atoms with Crippen molar-refractivity contribution >= 4 is 5.69 Å². The molecule has 3 heteroatoms. The largest absolute Gasteiger partial charge is 0.269 e. The van der Waals surface area contributed by atoms with Crippen LogP contribution in [0.2, 0.25) is 0 Å². The van der Waals surface area contributed by atoms with Crippen molar-refractivity contribution < 1.29 is 4.92 Å². The first-order chi connectivity index (χ1) is 4.30. The number of benzene rings is 1. The van der Waals surface area contributed by atoms with Crippen LogP contribution in [0.15, 0.2) is 24.3 Å². The van der Waals surface area contributed by atoms with E-state index in [2.05, 4.69) is 6.07 Å². The number of nitro benzene ring substituents is 1. The average molecular weight is 122 g/mol. The van der Waals surface area contributed by atoms with Crippen LogP contribution < -0.4 is 0 Å². The van der Waals surface area contributed by atoms with Gasteiger partial charge < -0.3 is 0 Å². The van der Waals surface area contributed by atoms with Gasteiger partial charge in [-0.2, -0.15) is 0 Å². The van der Waals surface area contributed by atoms with Crippen LogP contribution in [0.25, 0.3) is 0 Å². The highest BCUT2D eigenvalue weighted by Gasteiger charge is 1.98. The van der Waals surface area contributed by atoms with E-state index in [1.165, 1.54) is 24.3 Å². The molecule has 0 fully saturated rings. The van der Waals surface area contributed by atoms with Crippen molar-refractivity contribution in [3.05, 3.63) is 40.4 Å². The number of non-ortho nitro benzene ring substituents is 1. The van der Waals surface area contributed by atoms with Gasteiger partial charge in [0.25, 0.3) is 5.69 Å². The summed E-state index contributed by atoms with van der Waals surface area (Å²) in [6.45, 7) is 0. The molecule has 1 aromatic carbocycles. The number of hydrogen-bond acceptors (Lipinski definition) is 2. The molecule has 0 atom stereocenters. The minimum Gasteiger partial charge on any atom is -0.258 e. The summed E-state index contributed by atoms with van der Waals surface area (Å²) in [5.74, 6) is 0. The molecule has 9 heavy (non-hydrogen) atoms. The van der Waals surface area contributed by atoms with Crippen LogP contribution in [0, 0.1) is 16.2 Å². The maximum Gasteiger partial charge on any atom is 0.269 e. The van der Waals surface area contributed by atoms with Crippen molar-refractivity contribution in [2.24, 2.45) is 0 Å². The van der Waals surface area contributed by atoms with Crippen LogP contribution in [0.4, 0.5) is 5.69 Å². The summed E-state index contributed by atoms with van der Waals surface area (Å²) in [7, 11) is 0. The molecule has 1 radical (unpaired) electrons. The van der Waals surface area contributed by atoms with E-state index in [0.29, 0.717) is 0 Å². The lowest BCUT2D eigenvalue weighted by atomic mass is 10.3. The van der Waals surface area contributed by atoms with E-state index in [-0.39, 0.29) is 5.69 Å². The molecule has 1 aromatic rings. The molecule has 0 aliphatic carbocycles. The van der Waals surface area contributed by atoms with E-state index in [9.17, 15) is 10.1 Å². The van der Waals surface area contributed by atoms with Crippen LogP contribution in [0.5, 0.6) is 0 Å². The van der Waals surface area contributed by atoms with Crippen LogP contribution in [0.3, 0.4) is 0 Å². The lowest BCUT2D eigenvalue weighted by Crippen LogP contribution is -1.84. The van der Waals surface area contributed by atoms with E-state index in [0.717, 1.165) is 0 Å². The SMILES string of the molecule is O=[N+]([O-])c1cc[c]cc1. The zero-order valence-corrected chi connectivity index (χ0v) is 4.57. The van der Waals surface area contributed by atoms with E-state index in [1.807, 2.05) is 0 Å². The third-order valence-electron chi connectivity index (χ3n) is 0.911. The first kappa shape index (κ1) is 5.75. The van der Waals surface area contributed by atoms with Gasteiger partial charge in [0.2, 0.25) is 0 Å². The molecule has 45 valence electrons. The van der Waals surface area contributed by atoms with Crippen molar-refractivity contribution in [3.8, 4) is 0 Å². The molecule has 0 amide bonds. The van der Waals surface area contributed by atoms with Crippen molar-refractivity contribution in [2.75, 3.05) is 0 Å². The first-order valence-electron chi connectivity index (χ1n) is 2.41. The van der Waals surface area contributed by atoms with E-state index in [1.54, 1.807) is 0 Å². The summed E-state index contributed by atoms with van der Waals surface area (Å²) in [6, 6.07) is 8.51. The Labute approximate surface area is 52.1 Å². The highest BCUT2D eigenvalue weighted by Crippen LogP contribution is 2.06. The summed E-state index contributed by atoms with van der Waals surface area (Å²) in [4.78, 5) is 9.56. The number of nitro groups is 1. The van der Waals surface area contributed by atoms with Gasteiger partial charge in [0.05, 0.1) is 4.92 Å². The second kappa shape index (κ2) is 2.26. The molecule has 3 nitrogen and oxygen atoms in total. The molecule has 0 heterocycles. The quantitative estimate of drug-likeness (QED) is 0.417. The van der Waals surface area contributed by atoms with Crippen LogP contribution in [-0.2, 0) is 0 Å². The minimum atomic E-state index is -0.437. The van der Waals surface area contributed by atoms with Gasteiger partial charge in [0.1, 0.15) is 0 Å². The topological polar surface area (TPSA) is 43.1 Å². The summed E-state index contributed by atoms with van der Waals surface area (Å²) in [5.41, 5.74) is 0.105. The Hall–Kier alpha value is -1.38. The van der Waals surface area contributed by atoms with Gasteiger partial charge >= 0.3 is 0 Å². The Morgan fingerprint density at radius 2 is 2.00 bits per heavy atom. The van der Waals surface area contributed by atoms with Gasteiger partial charge in [-0.3, -0.25) is 10.1 Å². The fraction of sp³-hybridized carbons (Fsp3) is 0. The maximum absolute atomic E-state index is 9.99. The first-order valence-corrected chi connectivity index (χ1v) is 2.41. The standard InChI is InChI=1S/C6H4NO2/c8-7(9)6-4-2-1-3-5-6/h2-5H. The molecule has 0 saturated carbocycles. The monoisotopic (exact) mass is 122 g/mol. The predicted octanol–water partition coefficient (Wildman–Crippen LogP) is 1.39. The number of rotatable bonds is 1. The van der Waals surface area contributed by atoms with E-state index >= 15 is 0 Å². The van der Waals surface area contributed by atoms with Crippen LogP contribution in [-0.4, -0.2) is 4.92 Å². The van der Waals surface area contributed by atoms with Crippen molar-refractivity contribution in [1.29, 1.82) is 0 Å². The molecule has 0 bridgehead atoms. The Balaban J connectivity index is 2.98. The average Bonchev–Trinajstić information content (AvgIpc) is 1.90. The predicted molar refractivity (Wildman–Crippen MR) is 31.9 cm³/mol.